The molecule has 4 nitrogen and oxygen atoms in total. The zero-order chi connectivity index (χ0) is 20.5. The summed E-state index contributed by atoms with van der Waals surface area (Å²) < 4.78 is 0. The number of anilines is 2. The summed E-state index contributed by atoms with van der Waals surface area (Å²) in [5.74, 6) is -0.946. The Kier molecular flexibility index (Phi) is 5.14. The fraction of sp³-hybridized carbons (Fsp3) is 0.0435. The second kappa shape index (κ2) is 7.74. The van der Waals surface area contributed by atoms with Crippen molar-refractivity contribution >= 4 is 52.0 Å². The summed E-state index contributed by atoms with van der Waals surface area (Å²) in [6.45, 7) is 1.98. The Balaban J connectivity index is 1.84. The number of carbonyl (C=O) groups excluding carboxylic acids is 2. The fourth-order valence-corrected chi connectivity index (χ4v) is 3.56. The van der Waals surface area contributed by atoms with Crippen LogP contribution in [0.15, 0.2) is 78.5 Å². The number of nitrogens with zero attached hydrogens (tertiary/aromatic N) is 1. The van der Waals surface area contributed by atoms with Gasteiger partial charge in [0, 0.05) is 5.69 Å². The van der Waals surface area contributed by atoms with Crippen molar-refractivity contribution in [2.24, 2.45) is 0 Å². The molecule has 0 saturated heterocycles. The molecule has 6 heteroatoms. The van der Waals surface area contributed by atoms with E-state index in [-0.39, 0.29) is 27.0 Å². The van der Waals surface area contributed by atoms with Gasteiger partial charge in [-0.3, -0.25) is 9.59 Å². The third-order valence-corrected chi connectivity index (χ3v) is 5.45. The lowest BCUT2D eigenvalue weighted by atomic mass is 10.0. The fourth-order valence-electron chi connectivity index (χ4n) is 3.18. The summed E-state index contributed by atoms with van der Waals surface area (Å²) in [5.41, 5.74) is 3.17. The molecule has 4 rings (SSSR count). The highest BCUT2D eigenvalue weighted by atomic mass is 35.5. The number of nitrogens with one attached hydrogen (secondary N) is 1. The van der Waals surface area contributed by atoms with Crippen molar-refractivity contribution in [3.05, 3.63) is 99.7 Å². The molecule has 0 fully saturated rings. The Bertz CT molecular complexity index is 1140. The van der Waals surface area contributed by atoms with Crippen LogP contribution in [0.3, 0.4) is 0 Å². The van der Waals surface area contributed by atoms with Crippen LogP contribution < -0.4 is 10.2 Å². The van der Waals surface area contributed by atoms with Gasteiger partial charge in [0.1, 0.15) is 5.70 Å². The molecule has 0 bridgehead atoms. The third-order valence-electron chi connectivity index (χ3n) is 4.64. The van der Waals surface area contributed by atoms with Crippen molar-refractivity contribution in [3.8, 4) is 0 Å². The summed E-state index contributed by atoms with van der Waals surface area (Å²) in [7, 11) is 0. The molecule has 1 N–H and O–H groups in total. The lowest BCUT2D eigenvalue weighted by Gasteiger charge is -2.17. The quantitative estimate of drug-likeness (QED) is 0.548. The normalized spacial score (nSPS) is 14.0. The van der Waals surface area contributed by atoms with Crippen LogP contribution in [0.25, 0.3) is 5.57 Å². The van der Waals surface area contributed by atoms with Gasteiger partial charge in [-0.2, -0.15) is 0 Å². The Morgan fingerprint density at radius 2 is 1.48 bits per heavy atom. The Morgan fingerprint density at radius 1 is 0.793 bits per heavy atom. The molecule has 0 aromatic heterocycles. The molecule has 2 amide bonds. The molecule has 1 heterocycles. The van der Waals surface area contributed by atoms with E-state index in [0.717, 1.165) is 10.5 Å². The van der Waals surface area contributed by atoms with Gasteiger partial charge in [0.25, 0.3) is 11.8 Å². The standard InChI is InChI=1S/C23H16Cl2N2O2/c1-14-10-12-16(13-11-14)26-21-19(15-6-3-2-4-7-15)22(28)27(23(21)29)18-9-5-8-17(24)20(18)25/h2-13,26H,1H3. The molecule has 144 valence electrons. The summed E-state index contributed by atoms with van der Waals surface area (Å²) in [6.07, 6.45) is 0. The number of aryl methyl sites for hydroxylation is 1. The van der Waals surface area contributed by atoms with Crippen molar-refractivity contribution in [3.63, 3.8) is 0 Å². The van der Waals surface area contributed by atoms with Crippen LogP contribution in [0.5, 0.6) is 0 Å². The SMILES string of the molecule is Cc1ccc(NC2=C(c3ccccc3)C(=O)N(c3cccc(Cl)c3Cl)C2=O)cc1. The average molecular weight is 423 g/mol. The van der Waals surface area contributed by atoms with E-state index in [1.807, 2.05) is 49.4 Å². The maximum absolute atomic E-state index is 13.3. The summed E-state index contributed by atoms with van der Waals surface area (Å²) in [6, 6.07) is 21.5. The molecule has 3 aromatic carbocycles. The molecular formula is C23H16Cl2N2O2. The Labute approximate surface area is 178 Å². The summed E-state index contributed by atoms with van der Waals surface area (Å²) >= 11 is 12.4. The Hall–Kier alpha value is -3.08. The van der Waals surface area contributed by atoms with E-state index >= 15 is 0 Å². The lowest BCUT2D eigenvalue weighted by molar-refractivity contribution is -0.120. The zero-order valence-electron chi connectivity index (χ0n) is 15.4. The van der Waals surface area contributed by atoms with Crippen molar-refractivity contribution in [2.75, 3.05) is 10.2 Å². The first kappa shape index (κ1) is 19.2. The van der Waals surface area contributed by atoms with Crippen molar-refractivity contribution in [1.29, 1.82) is 0 Å². The molecule has 0 atom stereocenters. The topological polar surface area (TPSA) is 49.4 Å². The minimum absolute atomic E-state index is 0.153. The number of hydrogen-bond donors (Lipinski definition) is 1. The highest BCUT2D eigenvalue weighted by Crippen LogP contribution is 2.39. The van der Waals surface area contributed by atoms with Crippen LogP contribution >= 0.6 is 23.2 Å². The molecular weight excluding hydrogens is 407 g/mol. The highest BCUT2D eigenvalue weighted by molar-refractivity contribution is 6.50. The van der Waals surface area contributed by atoms with E-state index in [1.54, 1.807) is 30.3 Å². The van der Waals surface area contributed by atoms with Crippen molar-refractivity contribution in [2.45, 2.75) is 6.92 Å². The number of hydrogen-bond acceptors (Lipinski definition) is 3. The lowest BCUT2D eigenvalue weighted by Crippen LogP contribution is -2.32. The van der Waals surface area contributed by atoms with Crippen molar-refractivity contribution in [1.82, 2.24) is 0 Å². The van der Waals surface area contributed by atoms with E-state index in [4.69, 9.17) is 23.2 Å². The van der Waals surface area contributed by atoms with Crippen LogP contribution in [0.1, 0.15) is 11.1 Å². The van der Waals surface area contributed by atoms with Crippen LogP contribution in [-0.4, -0.2) is 11.8 Å². The number of carbonyl (C=O) groups is 2. The van der Waals surface area contributed by atoms with Gasteiger partial charge < -0.3 is 5.32 Å². The average Bonchev–Trinajstić information content (AvgIpc) is 2.96. The number of imide groups is 1. The van der Waals surface area contributed by atoms with Gasteiger partial charge in [-0.1, -0.05) is 77.3 Å². The van der Waals surface area contributed by atoms with Gasteiger partial charge in [-0.05, 0) is 36.8 Å². The maximum atomic E-state index is 13.3. The third kappa shape index (κ3) is 3.53. The molecule has 3 aromatic rings. The maximum Gasteiger partial charge on any atom is 0.282 e. The Morgan fingerprint density at radius 3 is 2.17 bits per heavy atom. The van der Waals surface area contributed by atoms with Gasteiger partial charge in [0.05, 0.1) is 21.3 Å². The van der Waals surface area contributed by atoms with Crippen LogP contribution in [0.4, 0.5) is 11.4 Å². The number of halogens is 2. The van der Waals surface area contributed by atoms with Crippen LogP contribution in [0, 0.1) is 6.92 Å². The molecule has 0 spiro atoms. The molecule has 0 unspecified atom stereocenters. The predicted octanol–water partition coefficient (Wildman–Crippen LogP) is 5.70. The van der Waals surface area contributed by atoms with Crippen molar-refractivity contribution < 1.29 is 9.59 Å². The first-order valence-corrected chi connectivity index (χ1v) is 9.69. The second-order valence-corrected chi connectivity index (χ2v) is 7.41. The van der Waals surface area contributed by atoms with Gasteiger partial charge in [-0.15, -0.1) is 0 Å². The van der Waals surface area contributed by atoms with E-state index < -0.39 is 11.8 Å². The molecule has 29 heavy (non-hydrogen) atoms. The highest BCUT2D eigenvalue weighted by Gasteiger charge is 2.41. The van der Waals surface area contributed by atoms with E-state index in [2.05, 4.69) is 5.32 Å². The molecule has 0 aliphatic carbocycles. The first-order chi connectivity index (χ1) is 14.0. The zero-order valence-corrected chi connectivity index (χ0v) is 17.0. The van der Waals surface area contributed by atoms with Gasteiger partial charge in [0.15, 0.2) is 0 Å². The molecule has 1 aliphatic heterocycles. The summed E-state index contributed by atoms with van der Waals surface area (Å²) in [5, 5.41) is 3.54. The first-order valence-electron chi connectivity index (χ1n) is 8.93. The van der Waals surface area contributed by atoms with Gasteiger partial charge in [-0.25, -0.2) is 4.90 Å². The summed E-state index contributed by atoms with van der Waals surface area (Å²) in [4.78, 5) is 27.7. The minimum Gasteiger partial charge on any atom is -0.350 e. The predicted molar refractivity (Wildman–Crippen MR) is 117 cm³/mol. The van der Waals surface area contributed by atoms with E-state index in [0.29, 0.717) is 11.3 Å². The van der Waals surface area contributed by atoms with Gasteiger partial charge >= 0.3 is 0 Å². The second-order valence-electron chi connectivity index (χ2n) is 6.63. The number of rotatable bonds is 4. The van der Waals surface area contributed by atoms with E-state index in [9.17, 15) is 9.59 Å². The molecule has 1 aliphatic rings. The molecule has 0 radical (unpaired) electrons. The largest absolute Gasteiger partial charge is 0.350 e. The number of amides is 2. The molecule has 0 saturated carbocycles. The van der Waals surface area contributed by atoms with Gasteiger partial charge in [0.2, 0.25) is 0 Å². The van der Waals surface area contributed by atoms with Crippen LogP contribution in [0.2, 0.25) is 10.0 Å². The minimum atomic E-state index is -0.487. The monoisotopic (exact) mass is 422 g/mol. The number of benzene rings is 3. The smallest absolute Gasteiger partial charge is 0.282 e. The van der Waals surface area contributed by atoms with E-state index in [1.165, 1.54) is 0 Å². The van der Waals surface area contributed by atoms with Crippen LogP contribution in [-0.2, 0) is 9.59 Å².